The average molecular weight is 449 g/mol. The first-order valence-electron chi connectivity index (χ1n) is 10.3. The van der Waals surface area contributed by atoms with Crippen LogP contribution in [0.4, 0.5) is 5.69 Å². The Kier molecular flexibility index (Phi) is 5.97. The van der Waals surface area contributed by atoms with Crippen LogP contribution in [-0.4, -0.2) is 47.0 Å². The standard InChI is InChI=1S/C25H25ClN4O2/c1-2-24(32)30-11-9-29(10-12-30)22(15-27)19-13-20(26)18(14-21(19)28)25-17-6-4-3-5-16(17)7-8-23(25)31/h2-8,13-15,31H,1,9-12,27-28H2/b22-15+. The first kappa shape index (κ1) is 21.6. The van der Waals surface area contributed by atoms with Crippen LogP contribution in [0.15, 0.2) is 67.4 Å². The molecule has 0 spiro atoms. The second kappa shape index (κ2) is 8.85. The highest BCUT2D eigenvalue weighted by Gasteiger charge is 2.24. The Morgan fingerprint density at radius 2 is 1.75 bits per heavy atom. The summed E-state index contributed by atoms with van der Waals surface area (Å²) < 4.78 is 0. The van der Waals surface area contributed by atoms with E-state index in [1.54, 1.807) is 23.1 Å². The molecule has 3 aromatic rings. The first-order valence-corrected chi connectivity index (χ1v) is 10.7. The molecule has 0 unspecified atom stereocenters. The maximum atomic E-state index is 11.9. The van der Waals surface area contributed by atoms with Crippen LogP contribution in [-0.2, 0) is 4.79 Å². The van der Waals surface area contributed by atoms with Gasteiger partial charge in [-0.15, -0.1) is 0 Å². The zero-order valence-electron chi connectivity index (χ0n) is 17.6. The van der Waals surface area contributed by atoms with Crippen molar-refractivity contribution >= 4 is 39.7 Å². The van der Waals surface area contributed by atoms with Gasteiger partial charge in [0.1, 0.15) is 5.75 Å². The van der Waals surface area contributed by atoms with Crippen LogP contribution in [0.1, 0.15) is 5.56 Å². The molecule has 164 valence electrons. The summed E-state index contributed by atoms with van der Waals surface area (Å²) in [5, 5.41) is 13.0. The van der Waals surface area contributed by atoms with Crippen molar-refractivity contribution in [3.05, 3.63) is 78.0 Å². The topological polar surface area (TPSA) is 95.8 Å². The Hall–Kier alpha value is -3.64. The van der Waals surface area contributed by atoms with Crippen molar-refractivity contribution in [2.45, 2.75) is 0 Å². The number of fused-ring (bicyclic) bond motifs is 1. The van der Waals surface area contributed by atoms with Gasteiger partial charge in [-0.1, -0.05) is 48.5 Å². The minimum absolute atomic E-state index is 0.0789. The molecule has 1 fully saturated rings. The van der Waals surface area contributed by atoms with E-state index in [0.29, 0.717) is 53.6 Å². The summed E-state index contributed by atoms with van der Waals surface area (Å²) in [6, 6.07) is 14.9. The lowest BCUT2D eigenvalue weighted by atomic mass is 9.95. The van der Waals surface area contributed by atoms with Gasteiger partial charge in [0.25, 0.3) is 0 Å². The number of halogens is 1. The van der Waals surface area contributed by atoms with Crippen molar-refractivity contribution in [1.29, 1.82) is 0 Å². The Morgan fingerprint density at radius 1 is 1.06 bits per heavy atom. The molecule has 1 aliphatic heterocycles. The van der Waals surface area contributed by atoms with Crippen LogP contribution >= 0.6 is 11.6 Å². The number of phenols is 1. The number of carbonyl (C=O) groups is 1. The molecule has 1 aliphatic rings. The van der Waals surface area contributed by atoms with Gasteiger partial charge in [-0.05, 0) is 35.0 Å². The molecule has 1 heterocycles. The van der Waals surface area contributed by atoms with Gasteiger partial charge in [-0.25, -0.2) is 0 Å². The average Bonchev–Trinajstić information content (AvgIpc) is 2.81. The third-order valence-corrected chi connectivity index (χ3v) is 6.17. The zero-order valence-corrected chi connectivity index (χ0v) is 18.3. The van der Waals surface area contributed by atoms with Crippen LogP contribution < -0.4 is 11.5 Å². The molecule has 1 saturated heterocycles. The number of piperazine rings is 1. The summed E-state index contributed by atoms with van der Waals surface area (Å²) in [6.07, 6.45) is 2.84. The van der Waals surface area contributed by atoms with E-state index in [2.05, 4.69) is 11.5 Å². The van der Waals surface area contributed by atoms with Gasteiger partial charge in [-0.3, -0.25) is 4.79 Å². The van der Waals surface area contributed by atoms with Crippen LogP contribution in [0.3, 0.4) is 0 Å². The monoisotopic (exact) mass is 448 g/mol. The molecule has 0 aliphatic carbocycles. The number of anilines is 1. The summed E-state index contributed by atoms with van der Waals surface area (Å²) in [5.74, 6) is 0.0556. The number of nitrogens with zero attached hydrogens (tertiary/aromatic N) is 2. The van der Waals surface area contributed by atoms with Gasteiger partial charge in [0, 0.05) is 59.8 Å². The number of nitrogen functional groups attached to an aromatic ring is 1. The maximum Gasteiger partial charge on any atom is 0.246 e. The zero-order chi connectivity index (χ0) is 22.8. The minimum atomic E-state index is -0.0789. The van der Waals surface area contributed by atoms with Gasteiger partial charge in [0.15, 0.2) is 0 Å². The van der Waals surface area contributed by atoms with Gasteiger partial charge < -0.3 is 26.4 Å². The van der Waals surface area contributed by atoms with Gasteiger partial charge >= 0.3 is 0 Å². The normalized spacial score (nSPS) is 14.6. The lowest BCUT2D eigenvalue weighted by molar-refractivity contribution is -0.127. The molecular formula is C25H25ClN4O2. The second-order valence-electron chi connectivity index (χ2n) is 7.67. The SMILES string of the molecule is C=CC(=O)N1CCN(/C(=C/N)c2cc(Cl)c(-c3c(O)ccc4ccccc34)cc2N)CC1. The number of carbonyl (C=O) groups excluding carboxylic acids is 1. The Labute approximate surface area is 192 Å². The van der Waals surface area contributed by atoms with E-state index in [0.717, 1.165) is 16.5 Å². The first-order chi connectivity index (χ1) is 15.4. The highest BCUT2D eigenvalue weighted by atomic mass is 35.5. The summed E-state index contributed by atoms with van der Waals surface area (Å²) in [6.45, 7) is 5.92. The van der Waals surface area contributed by atoms with E-state index in [1.165, 1.54) is 12.3 Å². The summed E-state index contributed by atoms with van der Waals surface area (Å²) >= 11 is 6.71. The molecule has 5 N–H and O–H groups in total. The van der Waals surface area contributed by atoms with Crippen LogP contribution in [0.2, 0.25) is 5.02 Å². The van der Waals surface area contributed by atoms with Gasteiger partial charge in [0.2, 0.25) is 5.91 Å². The predicted octanol–water partition coefficient (Wildman–Crippen LogP) is 4.04. The number of hydrogen-bond donors (Lipinski definition) is 3. The number of amides is 1. The fourth-order valence-corrected chi connectivity index (χ4v) is 4.47. The number of rotatable bonds is 4. The van der Waals surface area contributed by atoms with Gasteiger partial charge in [-0.2, -0.15) is 0 Å². The van der Waals surface area contributed by atoms with Crippen molar-refractivity contribution in [2.24, 2.45) is 5.73 Å². The molecule has 0 atom stereocenters. The Bertz CT molecular complexity index is 1230. The van der Waals surface area contributed by atoms with E-state index in [4.69, 9.17) is 23.1 Å². The third-order valence-electron chi connectivity index (χ3n) is 5.86. The van der Waals surface area contributed by atoms with E-state index in [1.807, 2.05) is 30.3 Å². The number of nitrogens with two attached hydrogens (primary N) is 2. The quantitative estimate of drug-likeness (QED) is 0.413. The van der Waals surface area contributed by atoms with Gasteiger partial charge in [0.05, 0.1) is 5.70 Å². The van der Waals surface area contributed by atoms with E-state index in [-0.39, 0.29) is 11.7 Å². The Balaban J connectivity index is 1.70. The highest BCUT2D eigenvalue weighted by molar-refractivity contribution is 6.34. The lowest BCUT2D eigenvalue weighted by Crippen LogP contribution is -2.47. The fraction of sp³-hybridized carbons (Fsp3) is 0.160. The number of aromatic hydroxyl groups is 1. The molecular weight excluding hydrogens is 424 g/mol. The van der Waals surface area contributed by atoms with E-state index in [9.17, 15) is 9.90 Å². The molecule has 4 rings (SSSR count). The lowest BCUT2D eigenvalue weighted by Gasteiger charge is -2.37. The van der Waals surface area contributed by atoms with Crippen molar-refractivity contribution in [3.8, 4) is 16.9 Å². The molecule has 0 radical (unpaired) electrons. The Morgan fingerprint density at radius 3 is 2.44 bits per heavy atom. The molecule has 0 aromatic heterocycles. The van der Waals surface area contributed by atoms with Crippen molar-refractivity contribution in [3.63, 3.8) is 0 Å². The molecule has 7 heteroatoms. The minimum Gasteiger partial charge on any atom is -0.507 e. The molecule has 0 bridgehead atoms. The van der Waals surface area contributed by atoms with Crippen LogP contribution in [0.5, 0.6) is 5.75 Å². The molecule has 0 saturated carbocycles. The van der Waals surface area contributed by atoms with Crippen molar-refractivity contribution in [1.82, 2.24) is 9.80 Å². The summed E-state index contributed by atoms with van der Waals surface area (Å²) in [7, 11) is 0. The predicted molar refractivity (Wildman–Crippen MR) is 131 cm³/mol. The number of phenolic OH excluding ortho intramolecular Hbond substituents is 1. The molecule has 6 nitrogen and oxygen atoms in total. The van der Waals surface area contributed by atoms with E-state index < -0.39 is 0 Å². The van der Waals surface area contributed by atoms with Crippen LogP contribution in [0.25, 0.3) is 27.6 Å². The largest absolute Gasteiger partial charge is 0.507 e. The third kappa shape index (κ3) is 3.85. The van der Waals surface area contributed by atoms with E-state index >= 15 is 0 Å². The van der Waals surface area contributed by atoms with Crippen LogP contribution in [0, 0.1) is 0 Å². The molecule has 1 amide bonds. The summed E-state index contributed by atoms with van der Waals surface area (Å²) in [4.78, 5) is 15.7. The number of benzene rings is 3. The second-order valence-corrected chi connectivity index (χ2v) is 8.08. The van der Waals surface area contributed by atoms with Crippen molar-refractivity contribution < 1.29 is 9.90 Å². The highest BCUT2D eigenvalue weighted by Crippen LogP contribution is 2.42. The molecule has 32 heavy (non-hydrogen) atoms. The maximum absolute atomic E-state index is 11.9. The summed E-state index contributed by atoms with van der Waals surface area (Å²) in [5.41, 5.74) is 15.7. The molecule has 3 aromatic carbocycles. The smallest absolute Gasteiger partial charge is 0.246 e. The van der Waals surface area contributed by atoms with Crippen molar-refractivity contribution in [2.75, 3.05) is 31.9 Å². The fourth-order valence-electron chi connectivity index (χ4n) is 4.21. The number of hydrogen-bond acceptors (Lipinski definition) is 5.